The highest BCUT2D eigenvalue weighted by atomic mass is 19.3. The first kappa shape index (κ1) is 23.3. The predicted molar refractivity (Wildman–Crippen MR) is 119 cm³/mol. The van der Waals surface area contributed by atoms with Crippen LogP contribution in [0, 0.1) is 5.82 Å². The Morgan fingerprint density at radius 2 is 1.91 bits per heavy atom. The van der Waals surface area contributed by atoms with Gasteiger partial charge in [-0.05, 0) is 42.5 Å². The van der Waals surface area contributed by atoms with Crippen LogP contribution in [0.1, 0.15) is 22.3 Å². The minimum Gasteiger partial charge on any atom is -0.491 e. The number of aromatic amines is 1. The van der Waals surface area contributed by atoms with Crippen LogP contribution in [0.3, 0.4) is 0 Å². The third-order valence-electron chi connectivity index (χ3n) is 5.01. The summed E-state index contributed by atoms with van der Waals surface area (Å²) < 4.78 is 45.8. The molecule has 1 amide bonds. The fraction of sp³-hybridized carbons (Fsp3) is 0.167. The summed E-state index contributed by atoms with van der Waals surface area (Å²) in [5.41, 5.74) is 0.845. The number of hydrogen-bond donors (Lipinski definition) is 4. The number of H-pyrrole nitrogens is 1. The number of alkyl halides is 2. The van der Waals surface area contributed by atoms with Crippen LogP contribution < -0.4 is 10.1 Å². The lowest BCUT2D eigenvalue weighted by Gasteiger charge is -2.11. The highest BCUT2D eigenvalue weighted by Gasteiger charge is 2.20. The minimum atomic E-state index is -2.91. The van der Waals surface area contributed by atoms with Gasteiger partial charge in [-0.15, -0.1) is 0 Å². The van der Waals surface area contributed by atoms with Crippen molar-refractivity contribution >= 4 is 22.6 Å². The predicted octanol–water partition coefficient (Wildman–Crippen LogP) is 4.29. The first-order valence-electron chi connectivity index (χ1n) is 10.3. The number of imidazole rings is 1. The van der Waals surface area contributed by atoms with Gasteiger partial charge in [-0.3, -0.25) is 4.79 Å². The molecule has 4 N–H and O–H groups in total. The van der Waals surface area contributed by atoms with Crippen LogP contribution in [0.15, 0.2) is 60.7 Å². The molecule has 0 saturated carbocycles. The summed E-state index contributed by atoms with van der Waals surface area (Å²) in [5.74, 6) is -0.818. The molecular weight excluding hydrogens is 451 g/mol. The zero-order valence-corrected chi connectivity index (χ0v) is 17.6. The van der Waals surface area contributed by atoms with Crippen molar-refractivity contribution in [3.63, 3.8) is 0 Å². The number of para-hydroxylation sites is 1. The second-order valence-corrected chi connectivity index (χ2v) is 7.45. The van der Waals surface area contributed by atoms with Crippen molar-refractivity contribution in [2.75, 3.05) is 18.5 Å². The maximum absolute atomic E-state index is 13.5. The number of carbonyl (C=O) groups excluding carboxylic acids is 1. The monoisotopic (exact) mass is 471 g/mol. The molecule has 0 aliphatic heterocycles. The molecule has 0 fully saturated rings. The molecule has 1 aromatic heterocycles. The number of hydrogen-bond acceptors (Lipinski definition) is 5. The van der Waals surface area contributed by atoms with E-state index in [1.165, 1.54) is 6.07 Å². The molecule has 1 heterocycles. The standard InChI is InChI=1S/C24H20F3N3O4/c25-13-7-8-17(19(9-13)22(26)27)23-29-20-6-2-5-18(21(20)30-23)24(33)28-14-3-1-4-16(10-14)34-12-15(32)11-31/h1-10,15,22,31-32H,11-12H2,(H,28,33)(H,29,30)/t15-/m0/s1. The zero-order chi connectivity index (χ0) is 24.2. The number of amides is 1. The Balaban J connectivity index is 1.61. The smallest absolute Gasteiger partial charge is 0.264 e. The van der Waals surface area contributed by atoms with Crippen LogP contribution in [0.5, 0.6) is 5.75 Å². The molecular formula is C24H20F3N3O4. The van der Waals surface area contributed by atoms with Crippen molar-refractivity contribution in [1.82, 2.24) is 9.97 Å². The van der Waals surface area contributed by atoms with Gasteiger partial charge < -0.3 is 25.3 Å². The van der Waals surface area contributed by atoms with Crippen LogP contribution >= 0.6 is 0 Å². The number of aliphatic hydroxyl groups is 2. The number of nitrogens with zero attached hydrogens (tertiary/aromatic N) is 1. The van der Waals surface area contributed by atoms with E-state index in [0.29, 0.717) is 17.0 Å². The summed E-state index contributed by atoms with van der Waals surface area (Å²) in [7, 11) is 0. The first-order valence-corrected chi connectivity index (χ1v) is 10.3. The Bertz CT molecular complexity index is 1330. The highest BCUT2D eigenvalue weighted by molar-refractivity contribution is 6.11. The lowest BCUT2D eigenvalue weighted by molar-refractivity contribution is 0.0536. The van der Waals surface area contributed by atoms with E-state index in [4.69, 9.17) is 9.84 Å². The molecule has 0 saturated heterocycles. The van der Waals surface area contributed by atoms with E-state index in [9.17, 15) is 23.1 Å². The maximum Gasteiger partial charge on any atom is 0.264 e. The Labute approximate surface area is 191 Å². The van der Waals surface area contributed by atoms with E-state index in [2.05, 4.69) is 15.3 Å². The van der Waals surface area contributed by atoms with Crippen LogP contribution in [-0.2, 0) is 0 Å². The second-order valence-electron chi connectivity index (χ2n) is 7.45. The third-order valence-corrected chi connectivity index (χ3v) is 5.01. The van der Waals surface area contributed by atoms with E-state index >= 15 is 0 Å². The van der Waals surface area contributed by atoms with Crippen LogP contribution in [-0.4, -0.2) is 45.4 Å². The number of aromatic nitrogens is 2. The van der Waals surface area contributed by atoms with E-state index < -0.39 is 36.4 Å². The molecule has 0 bridgehead atoms. The average molecular weight is 471 g/mol. The van der Waals surface area contributed by atoms with Gasteiger partial charge in [0.2, 0.25) is 0 Å². The van der Waals surface area contributed by atoms with E-state index in [1.54, 1.807) is 42.5 Å². The molecule has 0 spiro atoms. The molecule has 0 radical (unpaired) electrons. The third kappa shape index (κ3) is 5.03. The van der Waals surface area contributed by atoms with Gasteiger partial charge in [-0.1, -0.05) is 12.1 Å². The number of anilines is 1. The summed E-state index contributed by atoms with van der Waals surface area (Å²) in [4.78, 5) is 20.2. The highest BCUT2D eigenvalue weighted by Crippen LogP contribution is 2.32. The maximum atomic E-state index is 13.5. The first-order chi connectivity index (χ1) is 16.4. The van der Waals surface area contributed by atoms with Crippen LogP contribution in [0.4, 0.5) is 18.9 Å². The molecule has 176 valence electrons. The van der Waals surface area contributed by atoms with Crippen molar-refractivity contribution in [2.45, 2.75) is 12.5 Å². The summed E-state index contributed by atoms with van der Waals surface area (Å²) in [6.45, 7) is -0.559. The summed E-state index contributed by atoms with van der Waals surface area (Å²) >= 11 is 0. The number of nitrogens with one attached hydrogen (secondary N) is 2. The van der Waals surface area contributed by atoms with Gasteiger partial charge in [0.05, 0.1) is 17.7 Å². The average Bonchev–Trinajstić information content (AvgIpc) is 3.26. The molecule has 4 rings (SSSR count). The lowest BCUT2D eigenvalue weighted by atomic mass is 10.1. The van der Waals surface area contributed by atoms with Gasteiger partial charge in [-0.2, -0.15) is 0 Å². The number of fused-ring (bicyclic) bond motifs is 1. The van der Waals surface area contributed by atoms with Crippen molar-refractivity contribution in [2.24, 2.45) is 0 Å². The number of benzene rings is 3. The zero-order valence-electron chi connectivity index (χ0n) is 17.6. The lowest BCUT2D eigenvalue weighted by Crippen LogP contribution is -2.21. The summed E-state index contributed by atoms with van der Waals surface area (Å²) in [6, 6.07) is 14.3. The second kappa shape index (κ2) is 9.94. The number of carbonyl (C=O) groups is 1. The molecule has 3 aromatic carbocycles. The Morgan fingerprint density at radius 3 is 2.68 bits per heavy atom. The molecule has 1 atom stereocenters. The van der Waals surface area contributed by atoms with Gasteiger partial charge in [0.15, 0.2) is 0 Å². The fourth-order valence-corrected chi connectivity index (χ4v) is 3.38. The molecule has 34 heavy (non-hydrogen) atoms. The quantitative estimate of drug-likeness (QED) is 0.307. The topological polar surface area (TPSA) is 107 Å². The molecule has 0 aliphatic rings. The number of ether oxygens (including phenoxy) is 1. The van der Waals surface area contributed by atoms with E-state index in [1.807, 2.05) is 0 Å². The minimum absolute atomic E-state index is 0.0360. The van der Waals surface area contributed by atoms with Crippen LogP contribution in [0.25, 0.3) is 22.4 Å². The summed E-state index contributed by atoms with van der Waals surface area (Å²) in [5, 5.41) is 21.0. The van der Waals surface area contributed by atoms with Gasteiger partial charge in [0, 0.05) is 22.9 Å². The fourth-order valence-electron chi connectivity index (χ4n) is 3.38. The molecule has 10 heteroatoms. The van der Waals surface area contributed by atoms with E-state index in [0.717, 1.165) is 12.1 Å². The van der Waals surface area contributed by atoms with Crippen molar-refractivity contribution in [3.8, 4) is 17.1 Å². The SMILES string of the molecule is O=C(Nc1cccc(OC[C@@H](O)CO)c1)c1cccc2[nH]c(-c3ccc(F)cc3C(F)F)nc12. The molecule has 0 unspecified atom stereocenters. The van der Waals surface area contributed by atoms with Gasteiger partial charge in [-0.25, -0.2) is 18.2 Å². The Kier molecular flexibility index (Phi) is 6.80. The number of aliphatic hydroxyl groups excluding tert-OH is 2. The normalized spacial score (nSPS) is 12.2. The van der Waals surface area contributed by atoms with Crippen molar-refractivity contribution in [3.05, 3.63) is 77.6 Å². The Hall–Kier alpha value is -3.89. The van der Waals surface area contributed by atoms with Crippen LogP contribution in [0.2, 0.25) is 0 Å². The van der Waals surface area contributed by atoms with Crippen molar-refractivity contribution in [1.29, 1.82) is 0 Å². The van der Waals surface area contributed by atoms with Crippen molar-refractivity contribution < 1.29 is 32.9 Å². The molecule has 7 nitrogen and oxygen atoms in total. The van der Waals surface area contributed by atoms with Gasteiger partial charge in [0.1, 0.15) is 35.6 Å². The Morgan fingerprint density at radius 1 is 1.12 bits per heavy atom. The molecule has 0 aliphatic carbocycles. The largest absolute Gasteiger partial charge is 0.491 e. The van der Waals surface area contributed by atoms with Gasteiger partial charge >= 0.3 is 0 Å². The van der Waals surface area contributed by atoms with E-state index in [-0.39, 0.29) is 29.1 Å². The number of rotatable bonds is 8. The molecule has 4 aromatic rings. The number of halogens is 3. The van der Waals surface area contributed by atoms with Gasteiger partial charge in [0.25, 0.3) is 12.3 Å². The summed E-state index contributed by atoms with van der Waals surface area (Å²) in [6.07, 6.45) is -3.94.